The number of benzene rings is 1. The van der Waals surface area contributed by atoms with Crippen LogP contribution in [0, 0.1) is 22.7 Å². The largest absolute Gasteiger partial charge is 0.464 e. The van der Waals surface area contributed by atoms with Gasteiger partial charge in [-0.25, -0.2) is 4.79 Å². The fourth-order valence-corrected chi connectivity index (χ4v) is 1.81. The number of aromatic nitrogens is 1. The van der Waals surface area contributed by atoms with E-state index in [9.17, 15) is 4.79 Å². The summed E-state index contributed by atoms with van der Waals surface area (Å²) in [5.41, 5.74) is 7.25. The summed E-state index contributed by atoms with van der Waals surface area (Å²) in [5.74, 6) is -0.631. The molecule has 98 valence electrons. The molecule has 0 aliphatic heterocycles. The number of ether oxygens (including phenoxy) is 1. The number of hydrogen-bond acceptors (Lipinski definition) is 5. The molecule has 0 unspecified atom stereocenters. The fraction of sp³-hybridized carbons (Fsp3) is 0.0714. The molecule has 0 saturated carbocycles. The van der Waals surface area contributed by atoms with E-state index in [2.05, 4.69) is 4.74 Å². The minimum Gasteiger partial charge on any atom is -0.464 e. The lowest BCUT2D eigenvalue weighted by Gasteiger charge is -2.08. The highest BCUT2D eigenvalue weighted by Gasteiger charge is 2.21. The van der Waals surface area contributed by atoms with Crippen molar-refractivity contribution in [1.29, 1.82) is 10.5 Å². The Balaban J connectivity index is 2.64. The van der Waals surface area contributed by atoms with Crippen LogP contribution >= 0.6 is 0 Å². The molecule has 1 aromatic heterocycles. The van der Waals surface area contributed by atoms with Gasteiger partial charge in [0.05, 0.1) is 30.0 Å². The van der Waals surface area contributed by atoms with Crippen molar-refractivity contribution in [2.24, 2.45) is 0 Å². The average molecular weight is 266 g/mol. The number of methoxy groups -OCH3 is 1. The first-order valence-electron chi connectivity index (χ1n) is 5.62. The van der Waals surface area contributed by atoms with Crippen LogP contribution in [-0.2, 0) is 4.74 Å². The lowest BCUT2D eigenvalue weighted by molar-refractivity contribution is 0.0593. The normalized spacial score (nSPS) is 9.55. The molecule has 6 nitrogen and oxygen atoms in total. The summed E-state index contributed by atoms with van der Waals surface area (Å²) in [4.78, 5) is 11.8. The van der Waals surface area contributed by atoms with Gasteiger partial charge in [0, 0.05) is 11.9 Å². The first kappa shape index (κ1) is 13.2. The molecule has 2 rings (SSSR count). The molecule has 0 radical (unpaired) electrons. The molecule has 0 amide bonds. The second-order valence-electron chi connectivity index (χ2n) is 3.94. The Morgan fingerprint density at radius 1 is 1.25 bits per heavy atom. The molecule has 0 saturated heterocycles. The number of nitrogens with two attached hydrogens (primary N) is 1. The van der Waals surface area contributed by atoms with Crippen molar-refractivity contribution in [2.45, 2.75) is 0 Å². The number of hydrogen-bond donors (Lipinski definition) is 1. The minimum atomic E-state index is -0.631. The van der Waals surface area contributed by atoms with Gasteiger partial charge in [-0.15, -0.1) is 0 Å². The van der Waals surface area contributed by atoms with E-state index in [0.29, 0.717) is 11.3 Å². The maximum atomic E-state index is 11.8. The highest BCUT2D eigenvalue weighted by atomic mass is 16.5. The summed E-state index contributed by atoms with van der Waals surface area (Å²) in [6.07, 6.45) is 1.46. The number of carbonyl (C=O) groups excluding carboxylic acids is 1. The van der Waals surface area contributed by atoms with Crippen LogP contribution in [0.15, 0.2) is 30.5 Å². The highest BCUT2D eigenvalue weighted by Crippen LogP contribution is 2.24. The standard InChI is InChI=1S/C14H10N4O2/c1-20-14(19)13-12(17)10(7-16)8-18(13)11-4-2-9(6-15)3-5-11/h2-5,8H,17H2,1H3. The van der Waals surface area contributed by atoms with Crippen LogP contribution in [0.3, 0.4) is 0 Å². The van der Waals surface area contributed by atoms with Crippen molar-refractivity contribution in [1.82, 2.24) is 4.57 Å². The van der Waals surface area contributed by atoms with Gasteiger partial charge >= 0.3 is 5.97 Å². The van der Waals surface area contributed by atoms with E-state index in [1.54, 1.807) is 24.3 Å². The first-order valence-corrected chi connectivity index (χ1v) is 5.62. The van der Waals surface area contributed by atoms with Gasteiger partial charge in [-0.1, -0.05) is 0 Å². The molecule has 0 bridgehead atoms. The van der Waals surface area contributed by atoms with E-state index >= 15 is 0 Å². The van der Waals surface area contributed by atoms with E-state index in [-0.39, 0.29) is 16.9 Å². The Morgan fingerprint density at radius 2 is 1.90 bits per heavy atom. The summed E-state index contributed by atoms with van der Waals surface area (Å²) in [6, 6.07) is 10.5. The summed E-state index contributed by atoms with van der Waals surface area (Å²) in [5, 5.41) is 17.8. The van der Waals surface area contributed by atoms with E-state index in [0.717, 1.165) is 0 Å². The summed E-state index contributed by atoms with van der Waals surface area (Å²) < 4.78 is 6.15. The van der Waals surface area contributed by atoms with E-state index in [4.69, 9.17) is 16.3 Å². The van der Waals surface area contributed by atoms with Gasteiger partial charge in [0.1, 0.15) is 6.07 Å². The van der Waals surface area contributed by atoms with Crippen LogP contribution in [0.25, 0.3) is 5.69 Å². The zero-order valence-electron chi connectivity index (χ0n) is 10.6. The highest BCUT2D eigenvalue weighted by molar-refractivity contribution is 5.95. The topological polar surface area (TPSA) is 105 Å². The zero-order chi connectivity index (χ0) is 14.7. The number of carbonyl (C=O) groups is 1. The maximum absolute atomic E-state index is 11.8. The molecule has 0 spiro atoms. The molecule has 0 aliphatic carbocycles. The van der Waals surface area contributed by atoms with Crippen molar-refractivity contribution in [3.8, 4) is 17.8 Å². The van der Waals surface area contributed by atoms with Crippen LogP contribution in [0.5, 0.6) is 0 Å². The second-order valence-corrected chi connectivity index (χ2v) is 3.94. The number of rotatable bonds is 2. The van der Waals surface area contributed by atoms with Crippen LogP contribution in [-0.4, -0.2) is 17.6 Å². The summed E-state index contributed by atoms with van der Waals surface area (Å²) >= 11 is 0. The Kier molecular flexibility index (Phi) is 3.41. The molecular formula is C14H10N4O2. The third-order valence-electron chi connectivity index (χ3n) is 2.82. The molecule has 0 aliphatic rings. The van der Waals surface area contributed by atoms with Gasteiger partial charge in [-0.05, 0) is 24.3 Å². The number of nitriles is 2. The van der Waals surface area contributed by atoms with Gasteiger partial charge in [-0.2, -0.15) is 10.5 Å². The van der Waals surface area contributed by atoms with Gasteiger partial charge < -0.3 is 15.0 Å². The van der Waals surface area contributed by atoms with Gasteiger partial charge in [-0.3, -0.25) is 0 Å². The quantitative estimate of drug-likeness (QED) is 0.831. The molecule has 2 aromatic rings. The van der Waals surface area contributed by atoms with Crippen LogP contribution in [0.1, 0.15) is 21.6 Å². The van der Waals surface area contributed by atoms with Crippen molar-refractivity contribution in [2.75, 3.05) is 12.8 Å². The molecule has 0 fully saturated rings. The predicted octanol–water partition coefficient (Wildman–Crippen LogP) is 1.59. The van der Waals surface area contributed by atoms with E-state index < -0.39 is 5.97 Å². The smallest absolute Gasteiger partial charge is 0.357 e. The third-order valence-corrected chi connectivity index (χ3v) is 2.82. The minimum absolute atomic E-state index is 0.0729. The lowest BCUT2D eigenvalue weighted by atomic mass is 10.2. The molecular weight excluding hydrogens is 256 g/mol. The Labute approximate surface area is 115 Å². The number of nitrogens with zero attached hydrogens (tertiary/aromatic N) is 3. The van der Waals surface area contributed by atoms with E-state index in [1.165, 1.54) is 17.9 Å². The van der Waals surface area contributed by atoms with Crippen molar-refractivity contribution in [3.63, 3.8) is 0 Å². The predicted molar refractivity (Wildman–Crippen MR) is 71.0 cm³/mol. The fourth-order valence-electron chi connectivity index (χ4n) is 1.81. The SMILES string of the molecule is COC(=O)c1c(N)c(C#N)cn1-c1ccc(C#N)cc1. The van der Waals surface area contributed by atoms with E-state index in [1.807, 2.05) is 12.1 Å². The molecule has 1 heterocycles. The summed E-state index contributed by atoms with van der Waals surface area (Å²) in [6.45, 7) is 0. The van der Waals surface area contributed by atoms with Crippen molar-refractivity contribution in [3.05, 3.63) is 47.3 Å². The number of nitrogen functional groups attached to an aromatic ring is 1. The van der Waals surface area contributed by atoms with Gasteiger partial charge in [0.2, 0.25) is 0 Å². The Hall–Kier alpha value is -3.25. The second kappa shape index (κ2) is 5.17. The van der Waals surface area contributed by atoms with Crippen molar-refractivity contribution < 1.29 is 9.53 Å². The summed E-state index contributed by atoms with van der Waals surface area (Å²) in [7, 11) is 1.24. The monoisotopic (exact) mass is 266 g/mol. The maximum Gasteiger partial charge on any atom is 0.357 e. The first-order chi connectivity index (χ1) is 9.62. The molecule has 2 N–H and O–H groups in total. The van der Waals surface area contributed by atoms with Gasteiger partial charge in [0.25, 0.3) is 0 Å². The van der Waals surface area contributed by atoms with Crippen LogP contribution < -0.4 is 5.73 Å². The third kappa shape index (κ3) is 2.06. The Morgan fingerprint density at radius 3 is 2.40 bits per heavy atom. The molecule has 1 aromatic carbocycles. The number of anilines is 1. The average Bonchev–Trinajstić information content (AvgIpc) is 2.83. The van der Waals surface area contributed by atoms with Crippen molar-refractivity contribution >= 4 is 11.7 Å². The Bertz CT molecular complexity index is 745. The molecule has 0 atom stereocenters. The molecule has 20 heavy (non-hydrogen) atoms. The number of esters is 1. The zero-order valence-corrected chi connectivity index (χ0v) is 10.6. The molecule has 6 heteroatoms. The van der Waals surface area contributed by atoms with Crippen LogP contribution in [0.4, 0.5) is 5.69 Å². The van der Waals surface area contributed by atoms with Crippen LogP contribution in [0.2, 0.25) is 0 Å². The van der Waals surface area contributed by atoms with Gasteiger partial charge in [0.15, 0.2) is 5.69 Å². The lowest BCUT2D eigenvalue weighted by Crippen LogP contribution is -2.11.